The Morgan fingerprint density at radius 2 is 1.78 bits per heavy atom. The molecule has 0 aliphatic carbocycles. The number of carbonyl (C=O) groups excluding carboxylic acids is 1. The minimum atomic E-state index is -0.0658. The second-order valence-electron chi connectivity index (χ2n) is 6.53. The van der Waals surface area contributed by atoms with Gasteiger partial charge in [0.2, 0.25) is 0 Å². The van der Waals surface area contributed by atoms with Crippen molar-refractivity contribution in [2.24, 2.45) is 0 Å². The van der Waals surface area contributed by atoms with E-state index in [4.69, 9.17) is 11.6 Å². The Morgan fingerprint density at radius 1 is 1.07 bits per heavy atom. The summed E-state index contributed by atoms with van der Waals surface area (Å²) in [5.41, 5.74) is 4.84. The number of nitrogens with one attached hydrogen (secondary N) is 1. The third-order valence-electron chi connectivity index (χ3n) is 4.81. The summed E-state index contributed by atoms with van der Waals surface area (Å²) in [5.74, 6) is 0. The van der Waals surface area contributed by atoms with Crippen molar-refractivity contribution < 1.29 is 4.79 Å². The molecular formula is C21H25Cl2N3O. The van der Waals surface area contributed by atoms with Crippen LogP contribution >= 0.6 is 24.0 Å². The predicted molar refractivity (Wildman–Crippen MR) is 116 cm³/mol. The smallest absolute Gasteiger partial charge is 0.321 e. The van der Waals surface area contributed by atoms with Crippen LogP contribution in [0, 0.1) is 13.8 Å². The molecule has 1 fully saturated rings. The number of benzene rings is 2. The van der Waals surface area contributed by atoms with Crippen LogP contribution in [-0.4, -0.2) is 37.1 Å². The number of nitrogens with zero attached hydrogens (tertiary/aromatic N) is 2. The average Bonchev–Trinajstić information content (AvgIpc) is 2.64. The van der Waals surface area contributed by atoms with E-state index in [1.807, 2.05) is 35.2 Å². The monoisotopic (exact) mass is 405 g/mol. The van der Waals surface area contributed by atoms with Crippen LogP contribution < -0.4 is 10.2 Å². The molecule has 0 unspecified atom stereocenters. The molecule has 6 heteroatoms. The third-order valence-corrected chi connectivity index (χ3v) is 5.05. The summed E-state index contributed by atoms with van der Waals surface area (Å²) in [6, 6.07) is 13.8. The Kier molecular flexibility index (Phi) is 7.57. The van der Waals surface area contributed by atoms with E-state index in [0.29, 0.717) is 18.1 Å². The second-order valence-corrected chi connectivity index (χ2v) is 6.97. The number of piperazine rings is 1. The molecule has 4 nitrogen and oxygen atoms in total. The number of halogens is 2. The summed E-state index contributed by atoms with van der Waals surface area (Å²) < 4.78 is 0. The zero-order chi connectivity index (χ0) is 18.5. The van der Waals surface area contributed by atoms with Gasteiger partial charge in [0.05, 0.1) is 0 Å². The van der Waals surface area contributed by atoms with E-state index in [9.17, 15) is 4.79 Å². The highest BCUT2D eigenvalue weighted by molar-refractivity contribution is 6.30. The van der Waals surface area contributed by atoms with E-state index < -0.39 is 0 Å². The van der Waals surface area contributed by atoms with Gasteiger partial charge in [-0.25, -0.2) is 4.79 Å². The van der Waals surface area contributed by atoms with E-state index >= 15 is 0 Å². The summed E-state index contributed by atoms with van der Waals surface area (Å²) in [5, 5.41) is 3.52. The van der Waals surface area contributed by atoms with Gasteiger partial charge in [-0.3, -0.25) is 0 Å². The number of aryl methyl sites for hydroxylation is 1. The summed E-state index contributed by atoms with van der Waals surface area (Å²) in [7, 11) is 0. The minimum Gasteiger partial charge on any atom is -0.368 e. The Labute approximate surface area is 172 Å². The molecule has 0 atom stereocenters. The van der Waals surface area contributed by atoms with Crippen molar-refractivity contribution in [3.63, 3.8) is 0 Å². The lowest BCUT2D eigenvalue weighted by Crippen LogP contribution is -2.51. The first-order chi connectivity index (χ1) is 12.5. The average molecular weight is 406 g/mol. The molecule has 2 aromatic rings. The van der Waals surface area contributed by atoms with Crippen LogP contribution in [0.5, 0.6) is 0 Å². The molecular weight excluding hydrogens is 381 g/mol. The van der Waals surface area contributed by atoms with Crippen LogP contribution in [0.15, 0.2) is 48.7 Å². The molecule has 1 heterocycles. The van der Waals surface area contributed by atoms with Crippen molar-refractivity contribution in [3.8, 4) is 0 Å². The normalized spacial score (nSPS) is 14.2. The molecule has 144 valence electrons. The van der Waals surface area contributed by atoms with Crippen LogP contribution in [-0.2, 0) is 0 Å². The molecule has 3 rings (SSSR count). The highest BCUT2D eigenvalue weighted by atomic mass is 35.5. The van der Waals surface area contributed by atoms with Crippen LogP contribution in [0.4, 0.5) is 10.5 Å². The molecule has 1 saturated heterocycles. The zero-order valence-corrected chi connectivity index (χ0v) is 17.2. The number of urea groups is 1. The van der Waals surface area contributed by atoms with E-state index in [0.717, 1.165) is 18.7 Å². The van der Waals surface area contributed by atoms with Gasteiger partial charge in [-0.05, 0) is 54.8 Å². The fourth-order valence-electron chi connectivity index (χ4n) is 3.14. The van der Waals surface area contributed by atoms with Gasteiger partial charge in [-0.2, -0.15) is 0 Å². The Morgan fingerprint density at radius 3 is 2.48 bits per heavy atom. The molecule has 2 aromatic carbocycles. The lowest BCUT2D eigenvalue weighted by Gasteiger charge is -2.36. The summed E-state index contributed by atoms with van der Waals surface area (Å²) >= 11 is 5.96. The molecule has 0 radical (unpaired) electrons. The molecule has 2 amide bonds. The summed E-state index contributed by atoms with van der Waals surface area (Å²) in [4.78, 5) is 16.5. The minimum absolute atomic E-state index is 0. The molecule has 0 saturated carbocycles. The van der Waals surface area contributed by atoms with Crippen LogP contribution in [0.25, 0.3) is 6.08 Å². The highest BCUT2D eigenvalue weighted by Crippen LogP contribution is 2.23. The van der Waals surface area contributed by atoms with Crippen LogP contribution in [0.1, 0.15) is 16.7 Å². The number of rotatable bonds is 3. The van der Waals surface area contributed by atoms with Crippen LogP contribution in [0.3, 0.4) is 0 Å². The first-order valence-corrected chi connectivity index (χ1v) is 9.21. The zero-order valence-electron chi connectivity index (χ0n) is 15.6. The molecule has 0 bridgehead atoms. The number of amides is 2. The van der Waals surface area contributed by atoms with E-state index in [-0.39, 0.29) is 18.4 Å². The Balaban J connectivity index is 0.00000261. The maximum absolute atomic E-state index is 12.3. The quantitative estimate of drug-likeness (QED) is 0.789. The molecule has 1 N–H and O–H groups in total. The molecule has 0 spiro atoms. The maximum Gasteiger partial charge on any atom is 0.321 e. The van der Waals surface area contributed by atoms with E-state index in [1.54, 1.807) is 6.20 Å². The van der Waals surface area contributed by atoms with E-state index in [2.05, 4.69) is 42.3 Å². The number of carbonyl (C=O) groups is 1. The first kappa shape index (κ1) is 21.1. The third kappa shape index (κ3) is 5.41. The topological polar surface area (TPSA) is 35.6 Å². The predicted octanol–water partition coefficient (Wildman–Crippen LogP) is 4.88. The van der Waals surface area contributed by atoms with Gasteiger partial charge in [-0.15, -0.1) is 12.4 Å². The maximum atomic E-state index is 12.3. The van der Waals surface area contributed by atoms with Gasteiger partial charge >= 0.3 is 6.03 Å². The van der Waals surface area contributed by atoms with Gasteiger partial charge < -0.3 is 15.1 Å². The van der Waals surface area contributed by atoms with Gasteiger partial charge in [0.25, 0.3) is 0 Å². The van der Waals surface area contributed by atoms with E-state index in [1.165, 1.54) is 16.8 Å². The molecule has 1 aliphatic heterocycles. The van der Waals surface area contributed by atoms with Crippen molar-refractivity contribution in [2.45, 2.75) is 13.8 Å². The molecule has 0 aromatic heterocycles. The van der Waals surface area contributed by atoms with Gasteiger partial charge in [-0.1, -0.05) is 35.9 Å². The Hall–Kier alpha value is -2.17. The number of hydrogen-bond acceptors (Lipinski definition) is 2. The lowest BCUT2D eigenvalue weighted by atomic mass is 10.1. The van der Waals surface area contributed by atoms with Gasteiger partial charge in [0.15, 0.2) is 0 Å². The van der Waals surface area contributed by atoms with Crippen molar-refractivity contribution in [2.75, 3.05) is 31.1 Å². The van der Waals surface area contributed by atoms with Crippen molar-refractivity contribution in [3.05, 3.63) is 70.4 Å². The second kappa shape index (κ2) is 9.67. The van der Waals surface area contributed by atoms with Crippen molar-refractivity contribution in [1.82, 2.24) is 10.2 Å². The molecule has 1 aliphatic rings. The lowest BCUT2D eigenvalue weighted by molar-refractivity contribution is 0.198. The standard InChI is InChI=1S/C21H24ClN3O.ClH/c1-16-5-3-8-20(17(16)2)24-11-13-25(14-12-24)21(26)23-10-9-18-6-4-7-19(22)15-18;/h3-10,15H,11-14H2,1-2H3,(H,23,26);1H/b10-9+;. The van der Waals surface area contributed by atoms with Crippen LogP contribution in [0.2, 0.25) is 5.02 Å². The van der Waals surface area contributed by atoms with Gasteiger partial charge in [0, 0.05) is 43.1 Å². The summed E-state index contributed by atoms with van der Waals surface area (Å²) in [6.07, 6.45) is 3.52. The van der Waals surface area contributed by atoms with Gasteiger partial charge in [0.1, 0.15) is 0 Å². The van der Waals surface area contributed by atoms with Crippen molar-refractivity contribution in [1.29, 1.82) is 0 Å². The van der Waals surface area contributed by atoms with Crippen molar-refractivity contribution >= 4 is 41.8 Å². The largest absolute Gasteiger partial charge is 0.368 e. The Bertz CT molecular complexity index is 815. The number of anilines is 1. The number of hydrogen-bond donors (Lipinski definition) is 1. The molecule has 27 heavy (non-hydrogen) atoms. The SMILES string of the molecule is Cc1cccc(N2CCN(C(=O)N/C=C/c3cccc(Cl)c3)CC2)c1C.Cl. The summed E-state index contributed by atoms with van der Waals surface area (Å²) in [6.45, 7) is 7.40. The fraction of sp³-hybridized carbons (Fsp3) is 0.286. The highest BCUT2D eigenvalue weighted by Gasteiger charge is 2.21. The fourth-order valence-corrected chi connectivity index (χ4v) is 3.34. The first-order valence-electron chi connectivity index (χ1n) is 8.83.